The van der Waals surface area contributed by atoms with Crippen LogP contribution in [0, 0.1) is 0 Å². The van der Waals surface area contributed by atoms with Gasteiger partial charge in [-0.3, -0.25) is 0 Å². The third-order valence-corrected chi connectivity index (χ3v) is 10.6. The Labute approximate surface area is 278 Å². The van der Waals surface area contributed by atoms with Crippen LogP contribution in [0.2, 0.25) is 0 Å². The number of likely N-dealkylation sites (N-methyl/N-ethyl adjacent to an activating group) is 1. The molecule has 2 aliphatic rings. The van der Waals surface area contributed by atoms with Crippen LogP contribution in [0.5, 0.6) is 5.75 Å². The minimum atomic E-state index is -1.24. The molecule has 0 unspecified atom stereocenters. The molecular weight excluding hydrogens is 613 g/mol. The van der Waals surface area contributed by atoms with Gasteiger partial charge in [-0.2, -0.15) is 9.97 Å². The van der Waals surface area contributed by atoms with Crippen LogP contribution in [0.25, 0.3) is 11.0 Å². The highest BCUT2D eigenvalue weighted by Crippen LogP contribution is 2.39. The predicted molar refractivity (Wildman–Crippen MR) is 191 cm³/mol. The van der Waals surface area contributed by atoms with Crippen LogP contribution >= 0.6 is 8.38 Å². The molecule has 3 heterocycles. The summed E-state index contributed by atoms with van der Waals surface area (Å²) < 4.78 is 17.6. The summed E-state index contributed by atoms with van der Waals surface area (Å²) in [7, 11) is 4.23. The fraction of sp³-hybridized carbons (Fsp3) is 0.486. The molecule has 4 N–H and O–H groups in total. The Kier molecular flexibility index (Phi) is 10.5. The smallest absolute Gasteiger partial charge is 0.231 e. The van der Waals surface area contributed by atoms with Gasteiger partial charge in [0.05, 0.1) is 33.8 Å². The number of aromatic amines is 1. The molecule has 1 saturated carbocycles. The van der Waals surface area contributed by atoms with Gasteiger partial charge in [0.1, 0.15) is 17.2 Å². The molecule has 0 spiro atoms. The van der Waals surface area contributed by atoms with Crippen molar-refractivity contribution in [3.63, 3.8) is 0 Å². The number of H-pyrrole nitrogens is 1. The van der Waals surface area contributed by atoms with Gasteiger partial charge in [-0.1, -0.05) is 25.0 Å². The summed E-state index contributed by atoms with van der Waals surface area (Å²) in [6.07, 6.45) is 8.09. The maximum absolute atomic E-state index is 10.9. The SMILES string of the molecule is COP(OC)c1ccccc1Nc1nc(Nc2ccc(N3CCC(N(C)CC4(O)CCCC4)CC3)c(OC(C)C)c2)nc2[nH]ccc12. The van der Waals surface area contributed by atoms with E-state index in [1.165, 1.54) is 0 Å². The van der Waals surface area contributed by atoms with Gasteiger partial charge in [0.2, 0.25) is 14.3 Å². The van der Waals surface area contributed by atoms with Gasteiger partial charge < -0.3 is 44.3 Å². The van der Waals surface area contributed by atoms with Crippen LogP contribution in [0.1, 0.15) is 52.4 Å². The molecule has 12 heteroatoms. The van der Waals surface area contributed by atoms with Crippen molar-refractivity contribution < 1.29 is 18.9 Å². The minimum absolute atomic E-state index is 0.0203. The molecule has 6 rings (SSSR count). The molecular formula is C35H48N7O4P. The van der Waals surface area contributed by atoms with Gasteiger partial charge in [-0.05, 0) is 76.9 Å². The molecule has 2 aromatic carbocycles. The highest BCUT2D eigenvalue weighted by atomic mass is 31.2. The highest BCUT2D eigenvalue weighted by molar-refractivity contribution is 7.56. The number of aliphatic hydroxyl groups is 1. The molecule has 1 saturated heterocycles. The van der Waals surface area contributed by atoms with Gasteiger partial charge in [0.15, 0.2) is 0 Å². The molecule has 2 fully saturated rings. The molecule has 1 aliphatic heterocycles. The number of para-hydroxylation sites is 1. The second-order valence-electron chi connectivity index (χ2n) is 12.9. The highest BCUT2D eigenvalue weighted by Gasteiger charge is 2.35. The summed E-state index contributed by atoms with van der Waals surface area (Å²) in [6.45, 7) is 6.74. The van der Waals surface area contributed by atoms with E-state index in [2.05, 4.69) is 58.4 Å². The van der Waals surface area contributed by atoms with E-state index in [-0.39, 0.29) is 6.10 Å². The van der Waals surface area contributed by atoms with E-state index in [0.29, 0.717) is 23.5 Å². The zero-order chi connectivity index (χ0) is 33.0. The van der Waals surface area contributed by atoms with Crippen molar-refractivity contribution in [3.05, 3.63) is 54.7 Å². The van der Waals surface area contributed by atoms with E-state index in [0.717, 1.165) is 91.7 Å². The Morgan fingerprint density at radius 3 is 2.51 bits per heavy atom. The van der Waals surface area contributed by atoms with Crippen molar-refractivity contribution in [2.45, 2.75) is 70.1 Å². The first kappa shape index (κ1) is 33.4. The standard InChI is InChI=1S/C35H48N7O4P/c1-24(2)46-30-22-25(12-13-29(30)42-20-15-26(16-21-42)41(3)23-35(43)17-8-9-18-35)37-34-39-32-27(14-19-36-32)33(40-34)38-28-10-6-7-11-31(28)47(44-4)45-5/h6-7,10-14,19,22,24,26,43H,8-9,15-18,20-21,23H2,1-5H3,(H3,36,37,38,39,40). The molecule has 1 aliphatic carbocycles. The fourth-order valence-electron chi connectivity index (χ4n) is 6.89. The molecule has 0 amide bonds. The third-order valence-electron chi connectivity index (χ3n) is 9.19. The number of nitrogens with one attached hydrogen (secondary N) is 3. The van der Waals surface area contributed by atoms with E-state index >= 15 is 0 Å². The van der Waals surface area contributed by atoms with E-state index in [1.54, 1.807) is 14.2 Å². The number of aromatic nitrogens is 3. The molecule has 11 nitrogen and oxygen atoms in total. The average Bonchev–Trinajstić information content (AvgIpc) is 3.71. The monoisotopic (exact) mass is 661 g/mol. The largest absolute Gasteiger partial charge is 0.489 e. The quantitative estimate of drug-likeness (QED) is 0.116. The summed E-state index contributed by atoms with van der Waals surface area (Å²) in [5, 5.41) is 19.7. The topological polar surface area (TPSA) is 120 Å². The Bertz CT molecular complexity index is 1630. The molecule has 47 heavy (non-hydrogen) atoms. The van der Waals surface area contributed by atoms with Crippen LogP contribution < -0.4 is 25.6 Å². The van der Waals surface area contributed by atoms with Gasteiger partial charge >= 0.3 is 0 Å². The van der Waals surface area contributed by atoms with E-state index in [9.17, 15) is 5.11 Å². The molecule has 0 radical (unpaired) electrons. The maximum atomic E-state index is 10.9. The molecule has 252 valence electrons. The Morgan fingerprint density at radius 2 is 1.79 bits per heavy atom. The van der Waals surface area contributed by atoms with Crippen molar-refractivity contribution in [2.75, 3.05) is 56.4 Å². The molecule has 0 atom stereocenters. The van der Waals surface area contributed by atoms with Gasteiger partial charge in [-0.25, -0.2) is 0 Å². The van der Waals surface area contributed by atoms with Crippen molar-refractivity contribution in [2.24, 2.45) is 0 Å². The lowest BCUT2D eigenvalue weighted by molar-refractivity contribution is 0.00242. The Hall–Kier alpha value is -3.47. The predicted octanol–water partition coefficient (Wildman–Crippen LogP) is 6.67. The average molecular weight is 662 g/mol. The zero-order valence-corrected chi connectivity index (χ0v) is 29.0. The number of benzene rings is 2. The fourth-order valence-corrected chi connectivity index (χ4v) is 7.97. The lowest BCUT2D eigenvalue weighted by atomic mass is 9.97. The van der Waals surface area contributed by atoms with E-state index in [1.807, 2.05) is 42.6 Å². The first-order valence-electron chi connectivity index (χ1n) is 16.6. The lowest BCUT2D eigenvalue weighted by Gasteiger charge is -2.40. The van der Waals surface area contributed by atoms with Crippen LogP contribution in [-0.4, -0.2) is 83.6 Å². The Balaban J connectivity index is 1.19. The van der Waals surface area contributed by atoms with Crippen molar-refractivity contribution in [1.29, 1.82) is 0 Å². The summed E-state index contributed by atoms with van der Waals surface area (Å²) in [6, 6.07) is 16.6. The van der Waals surface area contributed by atoms with Crippen LogP contribution in [-0.2, 0) is 9.05 Å². The summed E-state index contributed by atoms with van der Waals surface area (Å²) in [5.41, 5.74) is 2.99. The second-order valence-corrected chi connectivity index (χ2v) is 14.7. The number of piperidine rings is 1. The summed E-state index contributed by atoms with van der Waals surface area (Å²) in [4.78, 5) is 17.7. The zero-order valence-electron chi connectivity index (χ0n) is 28.1. The van der Waals surface area contributed by atoms with Crippen molar-refractivity contribution >= 4 is 53.5 Å². The number of rotatable bonds is 13. The third kappa shape index (κ3) is 7.82. The number of nitrogens with zero attached hydrogens (tertiary/aromatic N) is 4. The van der Waals surface area contributed by atoms with Crippen LogP contribution in [0.15, 0.2) is 54.7 Å². The van der Waals surface area contributed by atoms with Crippen LogP contribution in [0.3, 0.4) is 0 Å². The maximum Gasteiger partial charge on any atom is 0.231 e. The van der Waals surface area contributed by atoms with E-state index < -0.39 is 14.0 Å². The van der Waals surface area contributed by atoms with Gasteiger partial charge in [-0.15, -0.1) is 0 Å². The van der Waals surface area contributed by atoms with Gasteiger partial charge in [0, 0.05) is 57.8 Å². The molecule has 4 aromatic rings. The molecule has 2 aromatic heterocycles. The van der Waals surface area contributed by atoms with Crippen molar-refractivity contribution in [1.82, 2.24) is 19.9 Å². The number of hydrogen-bond donors (Lipinski definition) is 4. The first-order chi connectivity index (χ1) is 22.7. The number of hydrogen-bond acceptors (Lipinski definition) is 10. The van der Waals surface area contributed by atoms with Crippen molar-refractivity contribution in [3.8, 4) is 5.75 Å². The first-order valence-corrected chi connectivity index (χ1v) is 17.8. The lowest BCUT2D eigenvalue weighted by Crippen LogP contribution is -2.48. The minimum Gasteiger partial charge on any atom is -0.489 e. The Morgan fingerprint density at radius 1 is 1.04 bits per heavy atom. The number of anilines is 5. The normalized spacial score (nSPS) is 16.9. The molecule has 0 bridgehead atoms. The number of ether oxygens (including phenoxy) is 1. The number of fused-ring (bicyclic) bond motifs is 1. The second kappa shape index (κ2) is 14.7. The summed E-state index contributed by atoms with van der Waals surface area (Å²) >= 11 is 0. The van der Waals surface area contributed by atoms with E-state index in [4.69, 9.17) is 23.8 Å². The summed E-state index contributed by atoms with van der Waals surface area (Å²) in [5.74, 6) is 1.95. The van der Waals surface area contributed by atoms with Crippen LogP contribution in [0.4, 0.5) is 28.8 Å². The van der Waals surface area contributed by atoms with Gasteiger partial charge in [0.25, 0.3) is 0 Å².